The van der Waals surface area contributed by atoms with Gasteiger partial charge in [-0.1, -0.05) is 42.5 Å². The standard InChI is InChI=1S/C29H19N7/c1-3-12-25-22(9-1)23-10-2-4-13-26(23)36(25)27-15-14-20(18-32-27)28-33-34-29(24-11-5-6-17-31-24)35(28)21-8-7-16-30-19-21/h1-19H. The zero-order chi connectivity index (χ0) is 23.9. The van der Waals surface area contributed by atoms with Crippen molar-refractivity contribution in [2.24, 2.45) is 0 Å². The Morgan fingerprint density at radius 3 is 1.94 bits per heavy atom. The minimum Gasteiger partial charge on any atom is -0.294 e. The molecule has 0 spiro atoms. The van der Waals surface area contributed by atoms with Crippen LogP contribution >= 0.6 is 0 Å². The molecule has 0 amide bonds. The highest BCUT2D eigenvalue weighted by atomic mass is 15.3. The molecule has 0 bridgehead atoms. The maximum Gasteiger partial charge on any atom is 0.187 e. The summed E-state index contributed by atoms with van der Waals surface area (Å²) >= 11 is 0. The fraction of sp³-hybridized carbons (Fsp3) is 0. The van der Waals surface area contributed by atoms with Crippen molar-refractivity contribution in [3.63, 3.8) is 0 Å². The van der Waals surface area contributed by atoms with E-state index >= 15 is 0 Å². The van der Waals surface area contributed by atoms with Gasteiger partial charge in [0, 0.05) is 34.9 Å². The molecule has 5 heterocycles. The summed E-state index contributed by atoms with van der Waals surface area (Å²) in [4.78, 5) is 13.7. The van der Waals surface area contributed by atoms with Gasteiger partial charge in [-0.15, -0.1) is 10.2 Å². The Morgan fingerprint density at radius 1 is 0.528 bits per heavy atom. The van der Waals surface area contributed by atoms with Crippen molar-refractivity contribution in [3.05, 3.63) is 116 Å². The van der Waals surface area contributed by atoms with Gasteiger partial charge in [0.2, 0.25) is 0 Å². The van der Waals surface area contributed by atoms with E-state index in [4.69, 9.17) is 4.98 Å². The van der Waals surface area contributed by atoms with Crippen LogP contribution in [0.5, 0.6) is 0 Å². The van der Waals surface area contributed by atoms with Gasteiger partial charge in [0.1, 0.15) is 11.5 Å². The first-order chi connectivity index (χ1) is 17.9. The fourth-order valence-corrected chi connectivity index (χ4v) is 4.68. The lowest BCUT2D eigenvalue weighted by Crippen LogP contribution is -2.02. The molecule has 0 saturated carbocycles. The molecule has 0 aliphatic rings. The van der Waals surface area contributed by atoms with Crippen LogP contribution in [-0.2, 0) is 0 Å². The van der Waals surface area contributed by atoms with Crippen molar-refractivity contribution < 1.29 is 0 Å². The van der Waals surface area contributed by atoms with Gasteiger partial charge in [-0.3, -0.25) is 19.1 Å². The highest BCUT2D eigenvalue weighted by Gasteiger charge is 2.19. The fourth-order valence-electron chi connectivity index (χ4n) is 4.68. The van der Waals surface area contributed by atoms with E-state index in [9.17, 15) is 0 Å². The number of para-hydroxylation sites is 2. The van der Waals surface area contributed by atoms with Crippen LogP contribution in [0, 0.1) is 0 Å². The van der Waals surface area contributed by atoms with E-state index in [1.54, 1.807) is 18.6 Å². The van der Waals surface area contributed by atoms with Gasteiger partial charge in [-0.2, -0.15) is 0 Å². The van der Waals surface area contributed by atoms with Crippen LogP contribution in [0.3, 0.4) is 0 Å². The van der Waals surface area contributed by atoms with Crippen LogP contribution in [0.15, 0.2) is 116 Å². The summed E-state index contributed by atoms with van der Waals surface area (Å²) in [6, 6.07) is 30.5. The molecular weight excluding hydrogens is 446 g/mol. The summed E-state index contributed by atoms with van der Waals surface area (Å²) in [5.74, 6) is 2.16. The van der Waals surface area contributed by atoms with Crippen LogP contribution < -0.4 is 0 Å². The molecule has 0 fully saturated rings. The van der Waals surface area contributed by atoms with Gasteiger partial charge >= 0.3 is 0 Å². The number of aromatic nitrogens is 7. The molecule has 7 aromatic rings. The number of rotatable bonds is 4. The van der Waals surface area contributed by atoms with Crippen LogP contribution in [0.1, 0.15) is 0 Å². The third-order valence-electron chi connectivity index (χ3n) is 6.28. The number of fused-ring (bicyclic) bond motifs is 3. The van der Waals surface area contributed by atoms with Crippen molar-refractivity contribution in [1.29, 1.82) is 0 Å². The Bertz CT molecular complexity index is 1770. The zero-order valence-electron chi connectivity index (χ0n) is 19.1. The molecule has 0 atom stereocenters. The molecule has 0 saturated heterocycles. The molecule has 0 aliphatic carbocycles. The number of nitrogens with zero attached hydrogens (tertiary/aromatic N) is 7. The monoisotopic (exact) mass is 465 g/mol. The number of hydrogen-bond donors (Lipinski definition) is 0. The zero-order valence-corrected chi connectivity index (χ0v) is 19.1. The second kappa shape index (κ2) is 8.25. The Labute approximate surface area is 206 Å². The van der Waals surface area contributed by atoms with Gasteiger partial charge in [0.25, 0.3) is 0 Å². The van der Waals surface area contributed by atoms with E-state index in [1.807, 2.05) is 53.2 Å². The molecule has 7 rings (SSSR count). The molecule has 170 valence electrons. The molecule has 0 radical (unpaired) electrons. The lowest BCUT2D eigenvalue weighted by Gasteiger charge is -2.11. The van der Waals surface area contributed by atoms with Gasteiger partial charge in [0.05, 0.1) is 22.9 Å². The maximum atomic E-state index is 4.87. The highest BCUT2D eigenvalue weighted by Crippen LogP contribution is 2.32. The van der Waals surface area contributed by atoms with Gasteiger partial charge in [-0.05, 0) is 48.5 Å². The van der Waals surface area contributed by atoms with E-state index in [1.165, 1.54) is 10.8 Å². The number of hydrogen-bond acceptors (Lipinski definition) is 5. The van der Waals surface area contributed by atoms with Crippen LogP contribution in [-0.4, -0.2) is 34.3 Å². The first kappa shape index (κ1) is 20.2. The lowest BCUT2D eigenvalue weighted by molar-refractivity contribution is 1.03. The van der Waals surface area contributed by atoms with E-state index in [2.05, 4.69) is 73.3 Å². The lowest BCUT2D eigenvalue weighted by atomic mass is 10.2. The molecule has 7 nitrogen and oxygen atoms in total. The Kier molecular flexibility index (Phi) is 4.63. The minimum absolute atomic E-state index is 0.644. The molecule has 5 aromatic heterocycles. The molecule has 0 aliphatic heterocycles. The SMILES string of the molecule is c1ccc(-c2nnc(-c3ccc(-n4c5ccccc5c5ccccc54)nc3)n2-c2cccnc2)nc1. The van der Waals surface area contributed by atoms with Crippen molar-refractivity contribution in [2.75, 3.05) is 0 Å². The first-order valence-corrected chi connectivity index (χ1v) is 11.6. The van der Waals surface area contributed by atoms with Gasteiger partial charge in [0.15, 0.2) is 11.6 Å². The molecule has 0 N–H and O–H groups in total. The Morgan fingerprint density at radius 2 is 1.28 bits per heavy atom. The second-order valence-corrected chi connectivity index (χ2v) is 8.38. The number of pyridine rings is 3. The maximum absolute atomic E-state index is 4.87. The summed E-state index contributed by atoms with van der Waals surface area (Å²) < 4.78 is 4.16. The average molecular weight is 466 g/mol. The van der Waals surface area contributed by atoms with Crippen LogP contribution in [0.2, 0.25) is 0 Å². The van der Waals surface area contributed by atoms with Crippen molar-refractivity contribution >= 4 is 21.8 Å². The first-order valence-electron chi connectivity index (χ1n) is 11.6. The van der Waals surface area contributed by atoms with Gasteiger partial charge < -0.3 is 0 Å². The third kappa shape index (κ3) is 3.18. The molecule has 36 heavy (non-hydrogen) atoms. The smallest absolute Gasteiger partial charge is 0.187 e. The Balaban J connectivity index is 1.39. The van der Waals surface area contributed by atoms with Crippen molar-refractivity contribution in [2.45, 2.75) is 0 Å². The number of benzene rings is 2. The highest BCUT2D eigenvalue weighted by molar-refractivity contribution is 6.09. The van der Waals surface area contributed by atoms with Crippen molar-refractivity contribution in [3.8, 4) is 34.4 Å². The summed E-state index contributed by atoms with van der Waals surface area (Å²) in [5, 5.41) is 11.4. The van der Waals surface area contributed by atoms with E-state index in [-0.39, 0.29) is 0 Å². The quantitative estimate of drug-likeness (QED) is 0.324. The Hall–Kier alpha value is -5.17. The van der Waals surface area contributed by atoms with Crippen LogP contribution in [0.4, 0.5) is 0 Å². The normalized spacial score (nSPS) is 11.3. The average Bonchev–Trinajstić information content (AvgIpc) is 3.54. The van der Waals surface area contributed by atoms with E-state index in [0.717, 1.165) is 33.8 Å². The summed E-state index contributed by atoms with van der Waals surface area (Å²) in [7, 11) is 0. The molecule has 2 aromatic carbocycles. The molecule has 7 heteroatoms. The topological polar surface area (TPSA) is 74.3 Å². The van der Waals surface area contributed by atoms with Gasteiger partial charge in [-0.25, -0.2) is 4.98 Å². The summed E-state index contributed by atoms with van der Waals surface area (Å²) in [5.41, 5.74) is 4.67. The largest absolute Gasteiger partial charge is 0.294 e. The predicted octanol–water partition coefficient (Wildman–Crippen LogP) is 5.88. The van der Waals surface area contributed by atoms with E-state index in [0.29, 0.717) is 11.6 Å². The third-order valence-corrected chi connectivity index (χ3v) is 6.28. The molecular formula is C29H19N7. The minimum atomic E-state index is 0.644. The molecule has 0 unspecified atom stereocenters. The predicted molar refractivity (Wildman–Crippen MR) is 140 cm³/mol. The summed E-state index contributed by atoms with van der Waals surface area (Å²) in [6.45, 7) is 0. The second-order valence-electron chi connectivity index (χ2n) is 8.38. The van der Waals surface area contributed by atoms with E-state index < -0.39 is 0 Å². The summed E-state index contributed by atoms with van der Waals surface area (Å²) in [6.07, 6.45) is 7.13. The van der Waals surface area contributed by atoms with Crippen LogP contribution in [0.25, 0.3) is 56.2 Å². The van der Waals surface area contributed by atoms with Crippen molar-refractivity contribution in [1.82, 2.24) is 34.3 Å².